The van der Waals surface area contributed by atoms with Gasteiger partial charge in [-0.1, -0.05) is 6.07 Å². The number of hydrogen-bond acceptors (Lipinski definition) is 3. The standard InChI is InChI=1S/C14H16N4O/c1-10(11-5-7-16-8-6-11)17-12-3-2-4-13(9-12)18-14(15)19/h2-10,17H,1H3,(H3,15,18,19). The van der Waals surface area contributed by atoms with Gasteiger partial charge in [0.1, 0.15) is 0 Å². The molecule has 1 unspecified atom stereocenters. The molecular formula is C14H16N4O. The van der Waals surface area contributed by atoms with Crippen LogP contribution in [0.15, 0.2) is 48.8 Å². The molecule has 0 saturated heterocycles. The van der Waals surface area contributed by atoms with Gasteiger partial charge in [-0.3, -0.25) is 4.98 Å². The minimum Gasteiger partial charge on any atom is -0.378 e. The molecule has 5 nitrogen and oxygen atoms in total. The number of urea groups is 1. The third-order valence-electron chi connectivity index (χ3n) is 2.72. The first kappa shape index (κ1) is 12.9. The van der Waals surface area contributed by atoms with Crippen LogP contribution in [-0.4, -0.2) is 11.0 Å². The van der Waals surface area contributed by atoms with E-state index in [2.05, 4.69) is 22.5 Å². The number of benzene rings is 1. The fraction of sp³-hybridized carbons (Fsp3) is 0.143. The molecule has 19 heavy (non-hydrogen) atoms. The van der Waals surface area contributed by atoms with Crippen LogP contribution in [0, 0.1) is 0 Å². The normalized spacial score (nSPS) is 11.6. The van der Waals surface area contributed by atoms with E-state index in [1.807, 2.05) is 30.3 Å². The Morgan fingerprint density at radius 2 is 1.89 bits per heavy atom. The number of hydrogen-bond donors (Lipinski definition) is 3. The van der Waals surface area contributed by atoms with E-state index in [0.717, 1.165) is 11.3 Å². The highest BCUT2D eigenvalue weighted by Crippen LogP contribution is 2.21. The van der Waals surface area contributed by atoms with E-state index in [4.69, 9.17) is 5.73 Å². The number of amides is 2. The van der Waals surface area contributed by atoms with E-state index >= 15 is 0 Å². The molecule has 0 spiro atoms. The van der Waals surface area contributed by atoms with Crippen LogP contribution in [0.4, 0.5) is 16.2 Å². The maximum atomic E-state index is 10.8. The molecule has 2 amide bonds. The number of anilines is 2. The van der Waals surface area contributed by atoms with Crippen LogP contribution < -0.4 is 16.4 Å². The maximum absolute atomic E-state index is 10.8. The number of primary amides is 1. The van der Waals surface area contributed by atoms with Crippen molar-refractivity contribution in [3.8, 4) is 0 Å². The number of nitrogens with two attached hydrogens (primary N) is 1. The van der Waals surface area contributed by atoms with Crippen LogP contribution in [0.5, 0.6) is 0 Å². The van der Waals surface area contributed by atoms with Crippen LogP contribution >= 0.6 is 0 Å². The molecule has 0 bridgehead atoms. The molecule has 2 aromatic rings. The van der Waals surface area contributed by atoms with E-state index in [0.29, 0.717) is 5.69 Å². The summed E-state index contributed by atoms with van der Waals surface area (Å²) < 4.78 is 0. The van der Waals surface area contributed by atoms with Crippen LogP contribution in [0.3, 0.4) is 0 Å². The van der Waals surface area contributed by atoms with Crippen molar-refractivity contribution >= 4 is 17.4 Å². The zero-order chi connectivity index (χ0) is 13.7. The van der Waals surface area contributed by atoms with Crippen LogP contribution in [0.1, 0.15) is 18.5 Å². The zero-order valence-corrected chi connectivity index (χ0v) is 10.6. The second kappa shape index (κ2) is 5.86. The van der Waals surface area contributed by atoms with Crippen molar-refractivity contribution in [2.45, 2.75) is 13.0 Å². The molecular weight excluding hydrogens is 240 g/mol. The Kier molecular flexibility index (Phi) is 3.97. The molecule has 0 radical (unpaired) electrons. The molecule has 1 heterocycles. The Labute approximate surface area is 111 Å². The Balaban J connectivity index is 2.08. The van der Waals surface area contributed by atoms with Gasteiger partial charge in [-0.25, -0.2) is 4.79 Å². The Bertz CT molecular complexity index is 556. The Morgan fingerprint density at radius 1 is 1.21 bits per heavy atom. The molecule has 5 heteroatoms. The predicted molar refractivity (Wildman–Crippen MR) is 75.9 cm³/mol. The van der Waals surface area contributed by atoms with Crippen molar-refractivity contribution in [3.05, 3.63) is 54.4 Å². The molecule has 1 aromatic carbocycles. The average molecular weight is 256 g/mol. The summed E-state index contributed by atoms with van der Waals surface area (Å²) in [7, 11) is 0. The third kappa shape index (κ3) is 3.70. The van der Waals surface area contributed by atoms with Gasteiger partial charge in [0, 0.05) is 29.8 Å². The van der Waals surface area contributed by atoms with Gasteiger partial charge in [-0.15, -0.1) is 0 Å². The summed E-state index contributed by atoms with van der Waals surface area (Å²) in [6.45, 7) is 2.06. The molecule has 2 rings (SSSR count). The number of carbonyl (C=O) groups excluding carboxylic acids is 1. The first-order chi connectivity index (χ1) is 9.15. The summed E-state index contributed by atoms with van der Waals surface area (Å²) in [6, 6.07) is 10.9. The Morgan fingerprint density at radius 3 is 2.58 bits per heavy atom. The molecule has 0 aliphatic carbocycles. The number of nitrogens with zero attached hydrogens (tertiary/aromatic N) is 1. The van der Waals surface area contributed by atoms with Gasteiger partial charge < -0.3 is 16.4 Å². The smallest absolute Gasteiger partial charge is 0.316 e. The van der Waals surface area contributed by atoms with Crippen molar-refractivity contribution in [1.29, 1.82) is 0 Å². The van der Waals surface area contributed by atoms with E-state index in [-0.39, 0.29) is 6.04 Å². The highest BCUT2D eigenvalue weighted by molar-refractivity contribution is 5.88. The van der Waals surface area contributed by atoms with E-state index in [1.54, 1.807) is 18.5 Å². The fourth-order valence-corrected chi connectivity index (χ4v) is 1.81. The number of rotatable bonds is 4. The van der Waals surface area contributed by atoms with Crippen molar-refractivity contribution in [1.82, 2.24) is 4.98 Å². The van der Waals surface area contributed by atoms with Gasteiger partial charge in [0.25, 0.3) is 0 Å². The van der Waals surface area contributed by atoms with Gasteiger partial charge in [0.15, 0.2) is 0 Å². The summed E-state index contributed by atoms with van der Waals surface area (Å²) in [6.07, 6.45) is 3.52. The van der Waals surface area contributed by atoms with Gasteiger partial charge in [0.2, 0.25) is 0 Å². The van der Waals surface area contributed by atoms with Crippen molar-refractivity contribution in [3.63, 3.8) is 0 Å². The van der Waals surface area contributed by atoms with Crippen molar-refractivity contribution in [2.24, 2.45) is 5.73 Å². The summed E-state index contributed by atoms with van der Waals surface area (Å²) in [4.78, 5) is 14.8. The highest BCUT2D eigenvalue weighted by atomic mass is 16.2. The summed E-state index contributed by atoms with van der Waals surface area (Å²) >= 11 is 0. The number of carbonyl (C=O) groups is 1. The van der Waals surface area contributed by atoms with Crippen LogP contribution in [0.2, 0.25) is 0 Å². The first-order valence-electron chi connectivity index (χ1n) is 5.98. The van der Waals surface area contributed by atoms with Crippen LogP contribution in [-0.2, 0) is 0 Å². The van der Waals surface area contributed by atoms with E-state index in [1.165, 1.54) is 0 Å². The maximum Gasteiger partial charge on any atom is 0.316 e. The molecule has 1 atom stereocenters. The molecule has 0 saturated carbocycles. The number of aromatic nitrogens is 1. The minimum absolute atomic E-state index is 0.145. The largest absolute Gasteiger partial charge is 0.378 e. The third-order valence-corrected chi connectivity index (χ3v) is 2.72. The number of pyridine rings is 1. The minimum atomic E-state index is -0.570. The molecule has 4 N–H and O–H groups in total. The van der Waals surface area contributed by atoms with Crippen LogP contribution in [0.25, 0.3) is 0 Å². The van der Waals surface area contributed by atoms with E-state index in [9.17, 15) is 4.79 Å². The lowest BCUT2D eigenvalue weighted by atomic mass is 10.1. The lowest BCUT2D eigenvalue weighted by molar-refractivity contribution is 0.259. The van der Waals surface area contributed by atoms with Gasteiger partial charge in [0.05, 0.1) is 0 Å². The van der Waals surface area contributed by atoms with Crippen molar-refractivity contribution < 1.29 is 4.79 Å². The predicted octanol–water partition coefficient (Wildman–Crippen LogP) is 2.75. The quantitative estimate of drug-likeness (QED) is 0.786. The SMILES string of the molecule is CC(Nc1cccc(NC(N)=O)c1)c1ccncc1. The number of nitrogens with one attached hydrogen (secondary N) is 2. The fourth-order valence-electron chi connectivity index (χ4n) is 1.81. The lowest BCUT2D eigenvalue weighted by Gasteiger charge is -2.16. The first-order valence-corrected chi connectivity index (χ1v) is 5.98. The second-order valence-electron chi connectivity index (χ2n) is 4.22. The Hall–Kier alpha value is -2.56. The summed E-state index contributed by atoms with van der Waals surface area (Å²) in [5, 5.41) is 5.90. The molecule has 0 aliphatic heterocycles. The second-order valence-corrected chi connectivity index (χ2v) is 4.22. The zero-order valence-electron chi connectivity index (χ0n) is 10.6. The molecule has 0 fully saturated rings. The van der Waals surface area contributed by atoms with E-state index < -0.39 is 6.03 Å². The van der Waals surface area contributed by atoms with Crippen molar-refractivity contribution in [2.75, 3.05) is 10.6 Å². The monoisotopic (exact) mass is 256 g/mol. The van der Waals surface area contributed by atoms with Gasteiger partial charge in [-0.2, -0.15) is 0 Å². The molecule has 1 aromatic heterocycles. The molecule has 0 aliphatic rings. The van der Waals surface area contributed by atoms with Gasteiger partial charge in [-0.05, 0) is 42.8 Å². The highest BCUT2D eigenvalue weighted by Gasteiger charge is 2.05. The average Bonchev–Trinajstić information content (AvgIpc) is 2.39. The van der Waals surface area contributed by atoms with Gasteiger partial charge >= 0.3 is 6.03 Å². The topological polar surface area (TPSA) is 80.0 Å². The summed E-state index contributed by atoms with van der Waals surface area (Å²) in [5.74, 6) is 0. The summed E-state index contributed by atoms with van der Waals surface area (Å²) in [5.41, 5.74) is 7.81. The lowest BCUT2D eigenvalue weighted by Crippen LogP contribution is -2.19. The molecule has 98 valence electrons.